The van der Waals surface area contributed by atoms with E-state index >= 15 is 9.59 Å². The number of hydrogen-bond acceptors (Lipinski definition) is 6. The van der Waals surface area contributed by atoms with Gasteiger partial charge in [0, 0.05) is 34.1 Å². The molecule has 0 aromatic heterocycles. The van der Waals surface area contributed by atoms with E-state index in [0.717, 1.165) is 55.6 Å². The zero-order valence-electron chi connectivity index (χ0n) is 48.8. The molecule has 0 aliphatic heterocycles. The van der Waals surface area contributed by atoms with Gasteiger partial charge >= 0.3 is 0 Å². The van der Waals surface area contributed by atoms with Crippen molar-refractivity contribution in [3.63, 3.8) is 0 Å². The van der Waals surface area contributed by atoms with Gasteiger partial charge in [-0.15, -0.1) is 0 Å². The van der Waals surface area contributed by atoms with Gasteiger partial charge in [-0.3, -0.25) is 9.59 Å². The van der Waals surface area contributed by atoms with E-state index < -0.39 is 28.1 Å². The molecule has 392 valence electrons. The van der Waals surface area contributed by atoms with Crippen LogP contribution in [-0.4, -0.2) is 40.0 Å². The van der Waals surface area contributed by atoms with Crippen LogP contribution in [0.1, 0.15) is 235 Å². The lowest BCUT2D eigenvalue weighted by molar-refractivity contribution is 0.103. The molecule has 0 fully saturated rings. The van der Waals surface area contributed by atoms with Gasteiger partial charge in [0.15, 0.2) is 0 Å². The molecule has 6 heteroatoms. The summed E-state index contributed by atoms with van der Waals surface area (Å²) in [5.74, 6) is 0.109. The minimum absolute atomic E-state index is 0.102. The second-order valence-electron chi connectivity index (χ2n) is 26.9. The molecular formula is C68H84O6. The Bertz CT molecular complexity index is 2920. The van der Waals surface area contributed by atoms with Crippen LogP contribution in [0.3, 0.4) is 0 Å². The molecule has 1 aliphatic carbocycles. The number of ether oxygens (including phenoxy) is 4. The molecule has 8 bridgehead atoms. The van der Waals surface area contributed by atoms with Crippen molar-refractivity contribution in [2.45, 2.75) is 169 Å². The van der Waals surface area contributed by atoms with Crippen molar-refractivity contribution in [3.05, 3.63) is 186 Å². The first-order valence-electron chi connectivity index (χ1n) is 26.4. The zero-order valence-corrected chi connectivity index (χ0v) is 48.8. The summed E-state index contributed by atoms with van der Waals surface area (Å²) in [5, 5.41) is 0. The Labute approximate surface area is 444 Å². The molecule has 6 aromatic rings. The number of hydrogen-bond donors (Lipinski definition) is 0. The Morgan fingerprint density at radius 2 is 0.500 bits per heavy atom. The summed E-state index contributed by atoms with van der Waals surface area (Å²) in [7, 11) is 6.61. The fourth-order valence-corrected chi connectivity index (χ4v) is 10.5. The van der Waals surface area contributed by atoms with Gasteiger partial charge in [0.2, 0.25) is 11.6 Å². The Balaban J connectivity index is 1.85. The lowest BCUT2D eigenvalue weighted by Gasteiger charge is -2.33. The number of ketones is 2. The fraction of sp³-hybridized carbons (Fsp3) is 0.441. The molecule has 0 saturated carbocycles. The monoisotopic (exact) mass is 997 g/mol. The summed E-state index contributed by atoms with van der Waals surface area (Å²) in [6, 6.07) is 34.7. The van der Waals surface area contributed by atoms with Crippen LogP contribution >= 0.6 is 0 Å². The van der Waals surface area contributed by atoms with Crippen LogP contribution in [0.5, 0.6) is 23.0 Å². The van der Waals surface area contributed by atoms with Gasteiger partial charge in [-0.1, -0.05) is 197 Å². The standard InChI is InChI=1S/C68H84O6/c1-63(2,3)41-27-23-39(24-28-41)55-47-31-43(65(7,8)9)32-48(59(47)71-19)56(40-25-29-42(30-26-40)64(4,5)6)50-34-45(67(13,14)15)36-52(61(50)73-21)58(70)54-38-46(68(16,17)18)37-53(62(54)74-22)57(69)51-35-44(66(10,11)12)33-49(55)60(51)72-20/h23-38,55-56H,1-22H3/t55-,56+. The molecule has 0 heterocycles. The van der Waals surface area contributed by atoms with Crippen LogP contribution in [0.2, 0.25) is 0 Å². The zero-order chi connectivity index (χ0) is 55.0. The lowest BCUT2D eigenvalue weighted by atomic mass is 9.72. The molecule has 0 N–H and O–H groups in total. The van der Waals surface area contributed by atoms with Crippen molar-refractivity contribution in [2.24, 2.45) is 0 Å². The van der Waals surface area contributed by atoms with Crippen LogP contribution < -0.4 is 18.9 Å². The van der Waals surface area contributed by atoms with E-state index in [-0.39, 0.29) is 44.7 Å². The van der Waals surface area contributed by atoms with Crippen LogP contribution in [0, 0.1) is 0 Å². The Hall–Kier alpha value is -6.14. The average Bonchev–Trinajstić information content (AvgIpc) is 3.31. The van der Waals surface area contributed by atoms with Crippen LogP contribution in [0.15, 0.2) is 97.1 Å². The van der Waals surface area contributed by atoms with E-state index in [1.54, 1.807) is 28.4 Å². The summed E-state index contributed by atoms with van der Waals surface area (Å²) in [6.45, 7) is 39.4. The highest BCUT2D eigenvalue weighted by molar-refractivity contribution is 6.18. The molecule has 2 atom stereocenters. The van der Waals surface area contributed by atoms with E-state index in [0.29, 0.717) is 28.4 Å². The van der Waals surface area contributed by atoms with Gasteiger partial charge in [-0.2, -0.15) is 0 Å². The maximum Gasteiger partial charge on any atom is 0.200 e. The molecule has 7 rings (SSSR count). The third kappa shape index (κ3) is 10.6. The van der Waals surface area contributed by atoms with Crippen molar-refractivity contribution in [1.29, 1.82) is 0 Å². The fourth-order valence-electron chi connectivity index (χ4n) is 10.5. The molecule has 0 spiro atoms. The maximum absolute atomic E-state index is 16.1. The largest absolute Gasteiger partial charge is 0.496 e. The average molecular weight is 997 g/mol. The van der Waals surface area contributed by atoms with E-state index in [9.17, 15) is 0 Å². The minimum atomic E-state index is -0.515. The summed E-state index contributed by atoms with van der Waals surface area (Å²) in [5.41, 5.74) is 11.2. The Morgan fingerprint density at radius 3 is 0.743 bits per heavy atom. The second-order valence-corrected chi connectivity index (χ2v) is 26.9. The SMILES string of the molecule is COc1c2cc(C(C)(C)C)cc1C(=O)c1cc(C(C)(C)C)cc(c1OC)[C@H](c1ccc(C(C)(C)C)cc1)c1cc(C(C)(C)C)cc(c1OC)[C@H](c1ccc(C(C)(C)C)cc1)c1cc(C(C)(C)C)cc(c1OC)C2=O. The second kappa shape index (κ2) is 19.5. The number of carbonyl (C=O) groups excluding carboxylic acids is 2. The lowest BCUT2D eigenvalue weighted by Crippen LogP contribution is -2.22. The summed E-state index contributed by atoms with van der Waals surface area (Å²) >= 11 is 0. The molecule has 74 heavy (non-hydrogen) atoms. The van der Waals surface area contributed by atoms with Crippen molar-refractivity contribution in [3.8, 4) is 23.0 Å². The van der Waals surface area contributed by atoms with Gasteiger partial charge < -0.3 is 18.9 Å². The Kier molecular flexibility index (Phi) is 14.7. The summed E-state index contributed by atoms with van der Waals surface area (Å²) in [4.78, 5) is 32.2. The van der Waals surface area contributed by atoms with Gasteiger partial charge in [0.25, 0.3) is 0 Å². The number of methoxy groups -OCH3 is 4. The number of fused-ring (bicyclic) bond motifs is 8. The topological polar surface area (TPSA) is 71.1 Å². The van der Waals surface area contributed by atoms with Crippen molar-refractivity contribution < 1.29 is 28.5 Å². The highest BCUT2D eigenvalue weighted by Gasteiger charge is 2.39. The van der Waals surface area contributed by atoms with Gasteiger partial charge in [-0.25, -0.2) is 0 Å². The summed E-state index contributed by atoms with van der Waals surface area (Å²) < 4.78 is 26.6. The maximum atomic E-state index is 16.1. The highest BCUT2D eigenvalue weighted by atomic mass is 16.5. The van der Waals surface area contributed by atoms with Crippen molar-refractivity contribution in [1.82, 2.24) is 0 Å². The first-order valence-corrected chi connectivity index (χ1v) is 26.4. The molecule has 0 saturated heterocycles. The molecule has 0 radical (unpaired) electrons. The smallest absolute Gasteiger partial charge is 0.200 e. The number of rotatable bonds is 6. The molecular weight excluding hydrogens is 913 g/mol. The Morgan fingerprint density at radius 1 is 0.284 bits per heavy atom. The minimum Gasteiger partial charge on any atom is -0.496 e. The normalized spacial score (nSPS) is 15.8. The number of carbonyl (C=O) groups is 2. The van der Waals surface area contributed by atoms with Gasteiger partial charge in [0.05, 0.1) is 50.7 Å². The van der Waals surface area contributed by atoms with Crippen LogP contribution in [-0.2, 0) is 32.5 Å². The van der Waals surface area contributed by atoms with Crippen LogP contribution in [0.4, 0.5) is 0 Å². The van der Waals surface area contributed by atoms with Gasteiger partial charge in [0.1, 0.15) is 23.0 Å². The van der Waals surface area contributed by atoms with Gasteiger partial charge in [-0.05, 0) is 101 Å². The molecule has 6 aromatic carbocycles. The first kappa shape index (κ1) is 55.6. The third-order valence-corrected chi connectivity index (χ3v) is 15.2. The van der Waals surface area contributed by atoms with E-state index in [2.05, 4.69) is 197 Å². The van der Waals surface area contributed by atoms with Crippen molar-refractivity contribution >= 4 is 11.6 Å². The number of benzene rings is 6. The predicted molar refractivity (Wildman–Crippen MR) is 306 cm³/mol. The molecule has 6 nitrogen and oxygen atoms in total. The summed E-state index contributed by atoms with van der Waals surface area (Å²) in [6.07, 6.45) is 0. The van der Waals surface area contributed by atoms with Crippen LogP contribution in [0.25, 0.3) is 0 Å². The molecule has 1 aliphatic rings. The predicted octanol–water partition coefficient (Wildman–Crippen LogP) is 16.6. The first-order chi connectivity index (χ1) is 34.1. The quantitative estimate of drug-likeness (QED) is 0.165. The third-order valence-electron chi connectivity index (χ3n) is 15.2. The molecule has 0 unspecified atom stereocenters. The highest BCUT2D eigenvalue weighted by Crippen LogP contribution is 2.53. The van der Waals surface area contributed by atoms with E-state index in [1.807, 2.05) is 24.3 Å². The molecule has 0 amide bonds. The van der Waals surface area contributed by atoms with E-state index in [1.165, 1.54) is 11.1 Å². The van der Waals surface area contributed by atoms with E-state index in [4.69, 9.17) is 18.9 Å². The van der Waals surface area contributed by atoms with Crippen molar-refractivity contribution in [2.75, 3.05) is 28.4 Å².